The number of nitrogens with one attached hydrogen (secondary N) is 1. The highest BCUT2D eigenvalue weighted by atomic mass is 32.2. The van der Waals surface area contributed by atoms with E-state index in [0.717, 1.165) is 11.6 Å². The molecule has 14 heteroatoms. The van der Waals surface area contributed by atoms with E-state index >= 15 is 0 Å². The molecule has 0 saturated heterocycles. The molecule has 0 fully saturated rings. The van der Waals surface area contributed by atoms with Crippen LogP contribution in [0.3, 0.4) is 0 Å². The van der Waals surface area contributed by atoms with Crippen molar-refractivity contribution in [2.24, 2.45) is 12.8 Å². The maximum atomic E-state index is 13.5. The van der Waals surface area contributed by atoms with Crippen molar-refractivity contribution in [1.82, 2.24) is 24.4 Å². The number of amides is 1. The number of nitrogens with zero attached hydrogens (tertiary/aromatic N) is 5. The van der Waals surface area contributed by atoms with E-state index in [2.05, 4.69) is 20.5 Å². The Bertz CT molecular complexity index is 1820. The Morgan fingerprint density at radius 2 is 1.95 bits per heavy atom. The standard InChI is InChI=1S/C26H23F2N7O4S/c1-34-15-21(32-25(36)20-14-31-35-11-3-10-30-24(20)35)23(33-34)19-13-18(6-7-22(19)39-26(27)28)40(37,38)17-5-2-4-16(12-17)8-9-29/h2-7,10-15,26H,8-9,29H2,1H3,(H,32,36). The summed E-state index contributed by atoms with van der Waals surface area (Å²) in [6.07, 6.45) is 6.41. The molecular formula is C26H23F2N7O4S. The van der Waals surface area contributed by atoms with Gasteiger partial charge in [-0.1, -0.05) is 12.1 Å². The third-order valence-corrected chi connectivity index (χ3v) is 7.72. The summed E-state index contributed by atoms with van der Waals surface area (Å²) in [6.45, 7) is -2.85. The average molecular weight is 568 g/mol. The molecule has 0 aliphatic rings. The van der Waals surface area contributed by atoms with Crippen LogP contribution >= 0.6 is 0 Å². The summed E-state index contributed by atoms with van der Waals surface area (Å²) >= 11 is 0. The van der Waals surface area contributed by atoms with Crippen LogP contribution in [-0.2, 0) is 23.3 Å². The first kappa shape index (κ1) is 26.9. The number of hydrogen-bond acceptors (Lipinski definition) is 8. The van der Waals surface area contributed by atoms with E-state index in [0.29, 0.717) is 18.6 Å². The topological polar surface area (TPSA) is 146 Å². The summed E-state index contributed by atoms with van der Waals surface area (Å²) in [5.74, 6) is -0.905. The van der Waals surface area contributed by atoms with E-state index in [-0.39, 0.29) is 38.0 Å². The maximum Gasteiger partial charge on any atom is 0.387 e. The van der Waals surface area contributed by atoms with Crippen LogP contribution in [0, 0.1) is 0 Å². The van der Waals surface area contributed by atoms with Gasteiger partial charge >= 0.3 is 6.61 Å². The number of benzene rings is 2. The van der Waals surface area contributed by atoms with Crippen LogP contribution in [-0.4, -0.2) is 51.9 Å². The lowest BCUT2D eigenvalue weighted by Crippen LogP contribution is -2.12. The molecule has 5 aromatic rings. The van der Waals surface area contributed by atoms with Crippen molar-refractivity contribution < 1.29 is 26.7 Å². The number of nitrogens with two attached hydrogens (primary N) is 1. The van der Waals surface area contributed by atoms with Crippen molar-refractivity contribution in [1.29, 1.82) is 0 Å². The molecule has 3 heterocycles. The van der Waals surface area contributed by atoms with E-state index in [1.807, 2.05) is 0 Å². The second-order valence-corrected chi connectivity index (χ2v) is 10.6. The summed E-state index contributed by atoms with van der Waals surface area (Å²) in [4.78, 5) is 17.1. The summed E-state index contributed by atoms with van der Waals surface area (Å²) in [7, 11) is -2.51. The van der Waals surface area contributed by atoms with Gasteiger partial charge < -0.3 is 15.8 Å². The number of carbonyl (C=O) groups is 1. The Morgan fingerprint density at radius 1 is 1.15 bits per heavy atom. The zero-order valence-corrected chi connectivity index (χ0v) is 21.8. The molecule has 0 aliphatic carbocycles. The molecule has 1 amide bonds. The number of aromatic nitrogens is 5. The minimum Gasteiger partial charge on any atom is -0.434 e. The van der Waals surface area contributed by atoms with Gasteiger partial charge in [0.25, 0.3) is 5.91 Å². The first-order valence-corrected chi connectivity index (χ1v) is 13.4. The van der Waals surface area contributed by atoms with E-state index in [1.165, 1.54) is 52.1 Å². The van der Waals surface area contributed by atoms with Crippen LogP contribution in [0.1, 0.15) is 15.9 Å². The van der Waals surface area contributed by atoms with Crippen LogP contribution in [0.15, 0.2) is 83.1 Å². The Hall–Kier alpha value is -4.69. The molecule has 0 spiro atoms. The second-order valence-electron chi connectivity index (χ2n) is 8.69. The van der Waals surface area contributed by atoms with Crippen molar-refractivity contribution in [2.75, 3.05) is 11.9 Å². The Balaban J connectivity index is 1.58. The summed E-state index contributed by atoms with van der Waals surface area (Å²) in [6, 6.07) is 11.5. The SMILES string of the molecule is Cn1cc(NC(=O)c2cnn3cccnc23)c(-c2cc(S(=O)(=O)c3cccc(CCN)c3)ccc2OC(F)F)n1. The number of sulfone groups is 1. The molecule has 2 aromatic carbocycles. The van der Waals surface area contributed by atoms with Crippen molar-refractivity contribution in [3.63, 3.8) is 0 Å². The molecule has 0 unspecified atom stereocenters. The number of halogens is 2. The van der Waals surface area contributed by atoms with E-state index in [1.54, 1.807) is 31.4 Å². The predicted octanol–water partition coefficient (Wildman–Crippen LogP) is 3.32. The molecule has 0 atom stereocenters. The lowest BCUT2D eigenvalue weighted by Gasteiger charge is -2.14. The number of carbonyl (C=O) groups excluding carboxylic acids is 1. The van der Waals surface area contributed by atoms with Gasteiger partial charge in [0.15, 0.2) is 5.65 Å². The minimum absolute atomic E-state index is 0.0158. The van der Waals surface area contributed by atoms with Crippen LogP contribution in [0.25, 0.3) is 16.9 Å². The van der Waals surface area contributed by atoms with Gasteiger partial charge in [0, 0.05) is 31.2 Å². The molecule has 11 nitrogen and oxygen atoms in total. The fourth-order valence-electron chi connectivity index (χ4n) is 4.19. The van der Waals surface area contributed by atoms with Gasteiger partial charge in [-0.3, -0.25) is 9.48 Å². The third-order valence-electron chi connectivity index (χ3n) is 5.98. The number of alkyl halides is 2. The van der Waals surface area contributed by atoms with Crippen molar-refractivity contribution in [3.8, 4) is 17.0 Å². The molecule has 3 aromatic heterocycles. The number of aryl methyl sites for hydroxylation is 1. The lowest BCUT2D eigenvalue weighted by molar-refractivity contribution is -0.0494. The van der Waals surface area contributed by atoms with E-state index < -0.39 is 22.4 Å². The summed E-state index contributed by atoms with van der Waals surface area (Å²) in [5.41, 5.74) is 6.89. The average Bonchev–Trinajstić information content (AvgIpc) is 3.52. The number of rotatable bonds is 9. The van der Waals surface area contributed by atoms with Gasteiger partial charge in [-0.15, -0.1) is 0 Å². The van der Waals surface area contributed by atoms with Gasteiger partial charge in [0.05, 0.1) is 21.7 Å². The van der Waals surface area contributed by atoms with Crippen molar-refractivity contribution in [3.05, 3.63) is 84.4 Å². The Kier molecular flexibility index (Phi) is 7.28. The number of fused-ring (bicyclic) bond motifs is 1. The molecular weight excluding hydrogens is 544 g/mol. The smallest absolute Gasteiger partial charge is 0.387 e. The molecule has 0 bridgehead atoms. The Labute approximate surface area is 227 Å². The predicted molar refractivity (Wildman–Crippen MR) is 141 cm³/mol. The number of anilines is 1. The highest BCUT2D eigenvalue weighted by Crippen LogP contribution is 2.38. The monoisotopic (exact) mass is 567 g/mol. The van der Waals surface area contributed by atoms with E-state index in [4.69, 9.17) is 10.5 Å². The van der Waals surface area contributed by atoms with Gasteiger partial charge in [-0.25, -0.2) is 17.9 Å². The normalized spacial score (nSPS) is 11.7. The molecule has 40 heavy (non-hydrogen) atoms. The van der Waals surface area contributed by atoms with Crippen molar-refractivity contribution in [2.45, 2.75) is 22.8 Å². The van der Waals surface area contributed by atoms with Crippen LogP contribution in [0.5, 0.6) is 5.75 Å². The first-order chi connectivity index (χ1) is 19.2. The molecule has 206 valence electrons. The van der Waals surface area contributed by atoms with Crippen LogP contribution in [0.4, 0.5) is 14.5 Å². The quantitative estimate of drug-likeness (QED) is 0.276. The fraction of sp³-hybridized carbons (Fsp3) is 0.154. The molecule has 5 rings (SSSR count). The lowest BCUT2D eigenvalue weighted by atomic mass is 10.1. The fourth-order valence-corrected chi connectivity index (χ4v) is 5.54. The second kappa shape index (κ2) is 10.8. The minimum atomic E-state index is -4.07. The molecule has 3 N–H and O–H groups in total. The third kappa shape index (κ3) is 5.26. The number of ether oxygens (including phenoxy) is 1. The molecule has 0 radical (unpaired) electrons. The molecule has 0 saturated carbocycles. The van der Waals surface area contributed by atoms with E-state index in [9.17, 15) is 22.0 Å². The highest BCUT2D eigenvalue weighted by molar-refractivity contribution is 7.91. The highest BCUT2D eigenvalue weighted by Gasteiger charge is 2.25. The van der Waals surface area contributed by atoms with Gasteiger partial charge in [0.1, 0.15) is 17.0 Å². The molecule has 0 aliphatic heterocycles. The van der Waals surface area contributed by atoms with Gasteiger partial charge in [-0.2, -0.15) is 19.0 Å². The van der Waals surface area contributed by atoms with Gasteiger partial charge in [-0.05, 0) is 54.9 Å². The summed E-state index contributed by atoms with van der Waals surface area (Å²) < 4.78 is 61.2. The van der Waals surface area contributed by atoms with Gasteiger partial charge in [0.2, 0.25) is 9.84 Å². The first-order valence-electron chi connectivity index (χ1n) is 11.9. The maximum absolute atomic E-state index is 13.5. The zero-order chi connectivity index (χ0) is 28.4. The summed E-state index contributed by atoms with van der Waals surface area (Å²) in [5, 5.41) is 11.1. The zero-order valence-electron chi connectivity index (χ0n) is 21.0. The van der Waals surface area contributed by atoms with Crippen LogP contribution in [0.2, 0.25) is 0 Å². The van der Waals surface area contributed by atoms with Crippen LogP contribution < -0.4 is 15.8 Å². The van der Waals surface area contributed by atoms with Crippen molar-refractivity contribution >= 4 is 27.1 Å². The largest absolute Gasteiger partial charge is 0.434 e. The number of hydrogen-bond donors (Lipinski definition) is 2. The Morgan fingerprint density at radius 3 is 2.73 bits per heavy atom.